The number of rotatable bonds is 12. The Kier molecular flexibility index (Phi) is 10.4. The number of ether oxygens (including phenoxy) is 2. The second kappa shape index (κ2) is 14.2. The summed E-state index contributed by atoms with van der Waals surface area (Å²) in [6.07, 6.45) is 3.55. The molecule has 40 heavy (non-hydrogen) atoms. The van der Waals surface area contributed by atoms with E-state index in [4.69, 9.17) is 9.47 Å². The molecule has 0 aliphatic carbocycles. The molecule has 216 valence electrons. The molecule has 9 heteroatoms. The molecule has 0 radical (unpaired) electrons. The van der Waals surface area contributed by atoms with Gasteiger partial charge in [-0.15, -0.1) is 0 Å². The Morgan fingerprint density at radius 1 is 1.02 bits per heavy atom. The highest BCUT2D eigenvalue weighted by Crippen LogP contribution is 2.34. The standard InChI is InChI=1S/C31H42N4O5/c1-3-19-35-28(36)27(11-7-8-18-32-30(38)40-23-25-9-5-4-6-10-25)33-29(37)31(35)16-20-34(21-17-31)22-24-12-14-26(39-2)15-13-24/h4-6,9-10,12-15,27H,3,7-8,11,16-23H2,1-2H3,(H,32,38)(H,33,37)/t27-/m0/s1. The summed E-state index contributed by atoms with van der Waals surface area (Å²) in [5, 5.41) is 5.81. The minimum Gasteiger partial charge on any atom is -0.497 e. The molecule has 0 unspecified atom stereocenters. The Morgan fingerprint density at radius 3 is 2.42 bits per heavy atom. The van der Waals surface area contributed by atoms with Gasteiger partial charge in [0.15, 0.2) is 0 Å². The molecule has 2 aromatic rings. The molecule has 2 fully saturated rings. The van der Waals surface area contributed by atoms with E-state index in [0.717, 1.165) is 37.4 Å². The number of benzene rings is 2. The van der Waals surface area contributed by atoms with E-state index < -0.39 is 17.7 Å². The maximum absolute atomic E-state index is 13.6. The number of likely N-dealkylation sites (tertiary alicyclic amines) is 1. The van der Waals surface area contributed by atoms with Crippen molar-refractivity contribution in [3.8, 4) is 5.75 Å². The molecule has 3 amide bonds. The smallest absolute Gasteiger partial charge is 0.407 e. The Balaban J connectivity index is 1.23. The lowest BCUT2D eigenvalue weighted by Crippen LogP contribution is -2.72. The largest absolute Gasteiger partial charge is 0.497 e. The van der Waals surface area contributed by atoms with Crippen LogP contribution in [0.2, 0.25) is 0 Å². The van der Waals surface area contributed by atoms with Gasteiger partial charge in [0.2, 0.25) is 11.8 Å². The molecular weight excluding hydrogens is 508 g/mol. The van der Waals surface area contributed by atoms with Gasteiger partial charge < -0.3 is 25.0 Å². The van der Waals surface area contributed by atoms with Gasteiger partial charge in [0.25, 0.3) is 0 Å². The van der Waals surface area contributed by atoms with Crippen LogP contribution in [0.5, 0.6) is 5.75 Å². The van der Waals surface area contributed by atoms with E-state index in [1.165, 1.54) is 5.56 Å². The molecule has 9 nitrogen and oxygen atoms in total. The third-order valence-electron chi connectivity index (χ3n) is 7.91. The molecule has 2 aliphatic heterocycles. The number of nitrogens with one attached hydrogen (secondary N) is 2. The van der Waals surface area contributed by atoms with Gasteiger partial charge in [0.1, 0.15) is 23.9 Å². The van der Waals surface area contributed by atoms with E-state index in [1.54, 1.807) is 7.11 Å². The number of hydrogen-bond donors (Lipinski definition) is 2. The molecule has 2 N–H and O–H groups in total. The molecule has 0 aromatic heterocycles. The Morgan fingerprint density at radius 2 is 1.75 bits per heavy atom. The summed E-state index contributed by atoms with van der Waals surface area (Å²) in [6.45, 7) is 5.62. The summed E-state index contributed by atoms with van der Waals surface area (Å²) in [4.78, 5) is 43.2. The lowest BCUT2D eigenvalue weighted by atomic mass is 9.81. The zero-order chi connectivity index (χ0) is 28.4. The van der Waals surface area contributed by atoms with Gasteiger partial charge in [0.05, 0.1) is 7.11 Å². The van der Waals surface area contributed by atoms with Gasteiger partial charge >= 0.3 is 6.09 Å². The number of amides is 3. The second-order valence-corrected chi connectivity index (χ2v) is 10.7. The monoisotopic (exact) mass is 550 g/mol. The highest BCUT2D eigenvalue weighted by atomic mass is 16.5. The van der Waals surface area contributed by atoms with Gasteiger partial charge in [-0.3, -0.25) is 14.5 Å². The van der Waals surface area contributed by atoms with Crippen molar-refractivity contribution in [2.75, 3.05) is 33.3 Å². The molecule has 2 heterocycles. The molecule has 1 atom stereocenters. The predicted molar refractivity (Wildman–Crippen MR) is 153 cm³/mol. The molecule has 2 aromatic carbocycles. The highest BCUT2D eigenvalue weighted by Gasteiger charge is 2.53. The zero-order valence-corrected chi connectivity index (χ0v) is 23.7. The summed E-state index contributed by atoms with van der Waals surface area (Å²) in [5.74, 6) is 0.818. The van der Waals surface area contributed by atoms with Crippen LogP contribution < -0.4 is 15.4 Å². The van der Waals surface area contributed by atoms with E-state index >= 15 is 0 Å². The molecule has 2 saturated heterocycles. The fourth-order valence-electron chi connectivity index (χ4n) is 5.62. The molecule has 1 spiro atoms. The van der Waals surface area contributed by atoms with Crippen LogP contribution in [0.4, 0.5) is 4.79 Å². The Hall–Kier alpha value is -3.59. The first-order chi connectivity index (χ1) is 19.4. The fraction of sp³-hybridized carbons (Fsp3) is 0.516. The Labute approximate surface area is 237 Å². The first-order valence-corrected chi connectivity index (χ1v) is 14.4. The van der Waals surface area contributed by atoms with Crippen LogP contribution >= 0.6 is 0 Å². The lowest BCUT2D eigenvalue weighted by molar-refractivity contribution is -0.161. The minimum atomic E-state index is -0.774. The van der Waals surface area contributed by atoms with Gasteiger partial charge in [-0.25, -0.2) is 4.79 Å². The number of carbonyl (C=O) groups is 3. The topological polar surface area (TPSA) is 100 Å². The van der Waals surface area contributed by atoms with E-state index in [0.29, 0.717) is 45.2 Å². The van der Waals surface area contributed by atoms with Crippen molar-refractivity contribution in [2.24, 2.45) is 0 Å². The van der Waals surface area contributed by atoms with E-state index in [2.05, 4.69) is 27.7 Å². The van der Waals surface area contributed by atoms with Crippen LogP contribution in [0.1, 0.15) is 56.6 Å². The summed E-state index contributed by atoms with van der Waals surface area (Å²) in [5.41, 5.74) is 1.36. The van der Waals surface area contributed by atoms with Gasteiger partial charge in [0, 0.05) is 32.7 Å². The quantitative estimate of drug-likeness (QED) is 0.390. The summed E-state index contributed by atoms with van der Waals surface area (Å²) in [6, 6.07) is 17.1. The number of piperazine rings is 1. The number of nitrogens with zero attached hydrogens (tertiary/aromatic N) is 2. The minimum absolute atomic E-state index is 0.0142. The number of carbonyl (C=O) groups excluding carboxylic acids is 3. The van der Waals surface area contributed by atoms with E-state index in [1.807, 2.05) is 54.3 Å². The lowest BCUT2D eigenvalue weighted by Gasteiger charge is -2.51. The first-order valence-electron chi connectivity index (χ1n) is 14.4. The zero-order valence-electron chi connectivity index (χ0n) is 23.7. The normalized spacial score (nSPS) is 18.9. The summed E-state index contributed by atoms with van der Waals surface area (Å²) >= 11 is 0. The van der Waals surface area contributed by atoms with Gasteiger partial charge in [-0.2, -0.15) is 0 Å². The molecular formula is C31H42N4O5. The van der Waals surface area contributed by atoms with Crippen molar-refractivity contribution in [1.29, 1.82) is 0 Å². The van der Waals surface area contributed by atoms with Crippen molar-refractivity contribution in [2.45, 2.75) is 70.2 Å². The van der Waals surface area contributed by atoms with Crippen LogP contribution in [-0.4, -0.2) is 72.6 Å². The number of alkyl carbamates (subject to hydrolysis) is 1. The SMILES string of the molecule is CCCN1C(=O)[C@H](CCCCNC(=O)OCc2ccccc2)NC(=O)C12CCN(Cc1ccc(OC)cc1)CC2. The number of piperidine rings is 1. The average Bonchev–Trinajstić information content (AvgIpc) is 2.98. The third kappa shape index (κ3) is 7.33. The average molecular weight is 551 g/mol. The summed E-state index contributed by atoms with van der Waals surface area (Å²) in [7, 11) is 1.66. The van der Waals surface area contributed by atoms with Crippen molar-refractivity contribution in [1.82, 2.24) is 20.4 Å². The second-order valence-electron chi connectivity index (χ2n) is 10.7. The molecule has 0 bridgehead atoms. The number of methoxy groups -OCH3 is 1. The molecule has 0 saturated carbocycles. The summed E-state index contributed by atoms with van der Waals surface area (Å²) < 4.78 is 10.5. The molecule has 2 aliphatic rings. The van der Waals surface area contributed by atoms with E-state index in [-0.39, 0.29) is 18.4 Å². The maximum Gasteiger partial charge on any atom is 0.407 e. The Bertz CT molecular complexity index is 1120. The maximum atomic E-state index is 13.6. The number of unbranched alkanes of at least 4 members (excludes halogenated alkanes) is 1. The number of hydrogen-bond acceptors (Lipinski definition) is 6. The van der Waals surface area contributed by atoms with Crippen LogP contribution in [0, 0.1) is 0 Å². The van der Waals surface area contributed by atoms with Crippen LogP contribution in [0.25, 0.3) is 0 Å². The van der Waals surface area contributed by atoms with Crippen LogP contribution in [0.3, 0.4) is 0 Å². The van der Waals surface area contributed by atoms with Crippen LogP contribution in [0.15, 0.2) is 54.6 Å². The van der Waals surface area contributed by atoms with Crippen molar-refractivity contribution in [3.63, 3.8) is 0 Å². The van der Waals surface area contributed by atoms with Gasteiger partial charge in [-0.05, 0) is 61.8 Å². The van der Waals surface area contributed by atoms with Crippen molar-refractivity contribution in [3.05, 3.63) is 65.7 Å². The molecule has 4 rings (SSSR count). The predicted octanol–water partition coefficient (Wildman–Crippen LogP) is 3.86. The van der Waals surface area contributed by atoms with Crippen LogP contribution in [-0.2, 0) is 27.5 Å². The van der Waals surface area contributed by atoms with Crippen molar-refractivity contribution >= 4 is 17.9 Å². The third-order valence-corrected chi connectivity index (χ3v) is 7.91. The van der Waals surface area contributed by atoms with E-state index in [9.17, 15) is 14.4 Å². The highest BCUT2D eigenvalue weighted by molar-refractivity contribution is 6.00. The van der Waals surface area contributed by atoms with Crippen molar-refractivity contribution < 1.29 is 23.9 Å². The van der Waals surface area contributed by atoms with Gasteiger partial charge in [-0.1, -0.05) is 49.4 Å². The fourth-order valence-corrected chi connectivity index (χ4v) is 5.62. The first kappa shape index (κ1) is 29.4.